The lowest BCUT2D eigenvalue weighted by atomic mass is 10.1. The van der Waals surface area contributed by atoms with Gasteiger partial charge in [-0.1, -0.05) is 11.6 Å². The summed E-state index contributed by atoms with van der Waals surface area (Å²) in [5.41, 5.74) is 8.31. The smallest absolute Gasteiger partial charge is 0.336 e. The summed E-state index contributed by atoms with van der Waals surface area (Å²) in [6, 6.07) is 2.14. The number of methoxy groups -OCH3 is 1. The molecule has 1 aliphatic rings. The molecule has 0 aromatic carbocycles. The highest BCUT2D eigenvalue weighted by Crippen LogP contribution is 2.27. The van der Waals surface area contributed by atoms with E-state index < -0.39 is 0 Å². The third kappa shape index (κ3) is 4.35. The van der Waals surface area contributed by atoms with Crippen molar-refractivity contribution in [2.24, 2.45) is 0 Å². The zero-order valence-corrected chi connectivity index (χ0v) is 17.1. The van der Waals surface area contributed by atoms with Crippen molar-refractivity contribution in [2.45, 2.75) is 25.7 Å². The van der Waals surface area contributed by atoms with Gasteiger partial charge in [-0.25, -0.2) is 14.5 Å². The molecule has 0 amide bonds. The van der Waals surface area contributed by atoms with Crippen molar-refractivity contribution in [1.82, 2.24) is 24.6 Å². The number of piperidine rings is 1. The lowest BCUT2D eigenvalue weighted by molar-refractivity contribution is 0.140. The molecule has 1 fully saturated rings. The van der Waals surface area contributed by atoms with E-state index in [-0.39, 0.29) is 11.8 Å². The molecule has 10 heteroatoms. The van der Waals surface area contributed by atoms with E-state index in [2.05, 4.69) is 25.0 Å². The molecule has 0 bridgehead atoms. The number of anilines is 2. The van der Waals surface area contributed by atoms with Crippen LogP contribution in [-0.4, -0.2) is 58.0 Å². The lowest BCUT2D eigenvalue weighted by Crippen LogP contribution is -2.30. The van der Waals surface area contributed by atoms with E-state index in [9.17, 15) is 0 Å². The van der Waals surface area contributed by atoms with Crippen LogP contribution in [0, 0.1) is 0 Å². The SMILES string of the molecule is COCCOc1nc(N)c2ncc(Cc3cnc(N4CCCCC4)c(Cl)c3)n2n1. The number of nitrogens with two attached hydrogens (primary N) is 1. The van der Waals surface area contributed by atoms with Crippen LogP contribution in [0.2, 0.25) is 5.02 Å². The largest absolute Gasteiger partial charge is 0.460 e. The summed E-state index contributed by atoms with van der Waals surface area (Å²) in [6.45, 7) is 2.78. The number of pyridine rings is 1. The zero-order chi connectivity index (χ0) is 20.2. The number of fused-ring (bicyclic) bond motifs is 1. The molecule has 2 N–H and O–H groups in total. The van der Waals surface area contributed by atoms with Gasteiger partial charge in [-0.3, -0.25) is 0 Å². The Kier molecular flexibility index (Phi) is 5.96. The van der Waals surface area contributed by atoms with E-state index in [1.807, 2.05) is 12.3 Å². The number of ether oxygens (including phenoxy) is 2. The van der Waals surface area contributed by atoms with Gasteiger partial charge in [0.15, 0.2) is 11.5 Å². The Morgan fingerprint density at radius 3 is 2.72 bits per heavy atom. The van der Waals surface area contributed by atoms with Crippen LogP contribution >= 0.6 is 11.6 Å². The summed E-state index contributed by atoms with van der Waals surface area (Å²) in [7, 11) is 1.60. The van der Waals surface area contributed by atoms with Crippen LogP contribution in [0.3, 0.4) is 0 Å². The summed E-state index contributed by atoms with van der Waals surface area (Å²) >= 11 is 6.54. The fourth-order valence-electron chi connectivity index (χ4n) is 3.44. The topological polar surface area (TPSA) is 104 Å². The average Bonchev–Trinajstić information content (AvgIpc) is 3.12. The van der Waals surface area contributed by atoms with Gasteiger partial charge < -0.3 is 20.1 Å². The predicted molar refractivity (Wildman–Crippen MR) is 111 cm³/mol. The first kappa shape index (κ1) is 19.7. The number of halogens is 1. The van der Waals surface area contributed by atoms with Gasteiger partial charge >= 0.3 is 6.01 Å². The first-order valence-electron chi connectivity index (χ1n) is 9.67. The Labute approximate surface area is 173 Å². The Hall–Kier alpha value is -2.65. The molecule has 3 aromatic rings. The molecule has 0 aliphatic carbocycles. The van der Waals surface area contributed by atoms with Crippen molar-refractivity contribution < 1.29 is 9.47 Å². The maximum absolute atomic E-state index is 6.54. The molecule has 0 unspecified atom stereocenters. The first-order chi connectivity index (χ1) is 14.2. The second kappa shape index (κ2) is 8.79. The molecule has 1 aliphatic heterocycles. The molecular weight excluding hydrogens is 394 g/mol. The summed E-state index contributed by atoms with van der Waals surface area (Å²) < 4.78 is 12.1. The monoisotopic (exact) mass is 417 g/mol. The molecule has 154 valence electrons. The van der Waals surface area contributed by atoms with Crippen molar-refractivity contribution in [3.63, 3.8) is 0 Å². The number of imidazole rings is 1. The first-order valence-corrected chi connectivity index (χ1v) is 10.0. The second-order valence-electron chi connectivity index (χ2n) is 6.98. The molecule has 4 rings (SSSR count). The molecular formula is C19H24ClN7O2. The van der Waals surface area contributed by atoms with Gasteiger partial charge in [0.25, 0.3) is 0 Å². The highest BCUT2D eigenvalue weighted by Gasteiger charge is 2.17. The van der Waals surface area contributed by atoms with Crippen LogP contribution in [0.1, 0.15) is 30.5 Å². The minimum Gasteiger partial charge on any atom is -0.460 e. The normalized spacial score (nSPS) is 14.5. The van der Waals surface area contributed by atoms with Gasteiger partial charge in [0.1, 0.15) is 12.4 Å². The Balaban J connectivity index is 1.56. The quantitative estimate of drug-likeness (QED) is 0.584. The van der Waals surface area contributed by atoms with Gasteiger partial charge in [-0.05, 0) is 30.9 Å². The third-order valence-corrected chi connectivity index (χ3v) is 5.16. The van der Waals surface area contributed by atoms with Gasteiger partial charge in [-0.2, -0.15) is 4.98 Å². The van der Waals surface area contributed by atoms with Crippen LogP contribution < -0.4 is 15.4 Å². The number of aromatic nitrogens is 5. The van der Waals surface area contributed by atoms with Crippen molar-refractivity contribution in [3.05, 3.63) is 34.7 Å². The number of nitrogen functional groups attached to an aromatic ring is 1. The molecule has 1 saturated heterocycles. The maximum atomic E-state index is 6.54. The summed E-state index contributed by atoms with van der Waals surface area (Å²) in [4.78, 5) is 15.3. The number of rotatable bonds is 7. The molecule has 3 aromatic heterocycles. The highest BCUT2D eigenvalue weighted by atomic mass is 35.5. The van der Waals surface area contributed by atoms with E-state index in [1.54, 1.807) is 17.8 Å². The zero-order valence-electron chi connectivity index (χ0n) is 16.3. The summed E-state index contributed by atoms with van der Waals surface area (Å²) in [6.07, 6.45) is 7.77. The van der Waals surface area contributed by atoms with E-state index in [0.717, 1.165) is 30.2 Å². The van der Waals surface area contributed by atoms with E-state index >= 15 is 0 Å². The standard InChI is InChI=1S/C19H24ClN7O2/c1-28-7-8-29-19-24-16(21)18-23-12-14(27(18)25-19)9-13-10-15(20)17(22-11-13)26-5-3-2-4-6-26/h10-12H,2-9H2,1H3,(H2,21,24,25). The third-order valence-electron chi connectivity index (χ3n) is 4.88. The van der Waals surface area contributed by atoms with Crippen LogP contribution in [-0.2, 0) is 11.2 Å². The maximum Gasteiger partial charge on any atom is 0.336 e. The van der Waals surface area contributed by atoms with Crippen molar-refractivity contribution >= 4 is 28.9 Å². The summed E-state index contributed by atoms with van der Waals surface area (Å²) in [5.74, 6) is 1.11. The minimum atomic E-state index is 0.183. The molecule has 29 heavy (non-hydrogen) atoms. The highest BCUT2D eigenvalue weighted by molar-refractivity contribution is 6.33. The average molecular weight is 418 g/mol. The molecule has 0 spiro atoms. The van der Waals surface area contributed by atoms with Crippen LogP contribution in [0.25, 0.3) is 5.65 Å². The van der Waals surface area contributed by atoms with E-state index in [0.29, 0.717) is 30.3 Å². The fraction of sp³-hybridized carbons (Fsp3) is 0.474. The van der Waals surface area contributed by atoms with Crippen molar-refractivity contribution in [1.29, 1.82) is 0 Å². The Morgan fingerprint density at radius 1 is 1.14 bits per heavy atom. The summed E-state index contributed by atoms with van der Waals surface area (Å²) in [5, 5.41) is 5.06. The number of nitrogens with zero attached hydrogens (tertiary/aromatic N) is 6. The molecule has 9 nitrogen and oxygen atoms in total. The molecule has 0 saturated carbocycles. The van der Waals surface area contributed by atoms with Gasteiger partial charge in [0.2, 0.25) is 0 Å². The lowest BCUT2D eigenvalue weighted by Gasteiger charge is -2.28. The van der Waals surface area contributed by atoms with Gasteiger partial charge in [0.05, 0.1) is 23.5 Å². The van der Waals surface area contributed by atoms with Gasteiger partial charge in [-0.15, -0.1) is 5.10 Å². The van der Waals surface area contributed by atoms with Crippen molar-refractivity contribution in [2.75, 3.05) is 44.0 Å². The van der Waals surface area contributed by atoms with E-state index in [1.165, 1.54) is 19.3 Å². The molecule has 0 radical (unpaired) electrons. The van der Waals surface area contributed by atoms with Crippen LogP contribution in [0.4, 0.5) is 11.6 Å². The van der Waals surface area contributed by atoms with E-state index in [4.69, 9.17) is 26.8 Å². The fourth-order valence-corrected chi connectivity index (χ4v) is 3.75. The molecule has 4 heterocycles. The molecule has 0 atom stereocenters. The Bertz CT molecular complexity index is 988. The van der Waals surface area contributed by atoms with Gasteiger partial charge in [0, 0.05) is 32.8 Å². The van der Waals surface area contributed by atoms with Crippen LogP contribution in [0.5, 0.6) is 6.01 Å². The number of hydrogen-bond acceptors (Lipinski definition) is 8. The minimum absolute atomic E-state index is 0.183. The number of hydrogen-bond donors (Lipinski definition) is 1. The second-order valence-corrected chi connectivity index (χ2v) is 7.39. The Morgan fingerprint density at radius 2 is 1.97 bits per heavy atom. The van der Waals surface area contributed by atoms with Crippen molar-refractivity contribution in [3.8, 4) is 6.01 Å². The van der Waals surface area contributed by atoms with Crippen LogP contribution in [0.15, 0.2) is 18.5 Å². The predicted octanol–water partition coefficient (Wildman–Crippen LogP) is 2.36.